The summed E-state index contributed by atoms with van der Waals surface area (Å²) in [7, 11) is 0. The topological polar surface area (TPSA) is 119 Å². The Morgan fingerprint density at radius 2 is 2.14 bits per heavy atom. The number of nitrogens with two attached hydrogens (primary N) is 1. The number of anilines is 2. The number of rotatable bonds is 6. The summed E-state index contributed by atoms with van der Waals surface area (Å²) in [6, 6.07) is 4.12. The molecule has 3 aromatic rings. The lowest BCUT2D eigenvalue weighted by Gasteiger charge is -2.07. The van der Waals surface area contributed by atoms with Gasteiger partial charge in [-0.3, -0.25) is 5.43 Å². The van der Waals surface area contributed by atoms with Crippen molar-refractivity contribution in [1.29, 1.82) is 0 Å². The number of thiophene rings is 1. The van der Waals surface area contributed by atoms with Crippen molar-refractivity contribution in [3.8, 4) is 5.95 Å². The number of nitrogen functional groups attached to an aromatic ring is 1. The lowest BCUT2D eigenvalue weighted by Crippen LogP contribution is -2.16. The van der Waals surface area contributed by atoms with Gasteiger partial charge in [-0.2, -0.15) is 24.7 Å². The molecular weight excluding hydrogens is 290 g/mol. The van der Waals surface area contributed by atoms with Gasteiger partial charge in [0, 0.05) is 11.4 Å². The molecule has 4 N–H and O–H groups in total. The highest BCUT2D eigenvalue weighted by Gasteiger charge is 2.08. The highest BCUT2D eigenvalue weighted by Crippen LogP contribution is 2.10. The zero-order valence-electron chi connectivity index (χ0n) is 11.0. The van der Waals surface area contributed by atoms with E-state index in [4.69, 9.17) is 5.84 Å². The summed E-state index contributed by atoms with van der Waals surface area (Å²) in [4.78, 5) is 17.7. The summed E-state index contributed by atoms with van der Waals surface area (Å²) in [6.45, 7) is 0.714. The largest absolute Gasteiger partial charge is 0.354 e. The van der Waals surface area contributed by atoms with E-state index < -0.39 is 0 Å². The molecule has 0 bridgehead atoms. The molecule has 108 valence electrons. The number of nitrogens with one attached hydrogen (secondary N) is 2. The highest BCUT2D eigenvalue weighted by atomic mass is 32.1. The van der Waals surface area contributed by atoms with E-state index in [9.17, 15) is 0 Å². The molecular formula is C11H13N9S. The standard InChI is InChI=1S/C11H13N9S/c12-19-10-16-9(14-4-3-8-2-1-5-21-8)17-11(18-10)20-7-13-6-15-20/h1-2,5-7H,3-4,12H2,(H2,14,16,17,18,19). The zero-order chi connectivity index (χ0) is 14.5. The van der Waals surface area contributed by atoms with Crippen LogP contribution in [0.15, 0.2) is 30.2 Å². The minimum absolute atomic E-state index is 0.258. The maximum Gasteiger partial charge on any atom is 0.258 e. The number of hydrazine groups is 1. The fraction of sp³-hybridized carbons (Fsp3) is 0.182. The van der Waals surface area contributed by atoms with Gasteiger partial charge < -0.3 is 5.32 Å². The molecule has 0 radical (unpaired) electrons. The van der Waals surface area contributed by atoms with Gasteiger partial charge in [0.15, 0.2) is 0 Å². The second kappa shape index (κ2) is 6.24. The lowest BCUT2D eigenvalue weighted by atomic mass is 10.3. The molecule has 3 heterocycles. The van der Waals surface area contributed by atoms with Crippen LogP contribution in [0.3, 0.4) is 0 Å². The first kappa shape index (κ1) is 13.4. The molecule has 0 saturated carbocycles. The van der Waals surface area contributed by atoms with Crippen LogP contribution in [0.25, 0.3) is 5.95 Å². The zero-order valence-corrected chi connectivity index (χ0v) is 11.8. The van der Waals surface area contributed by atoms with Gasteiger partial charge >= 0.3 is 0 Å². The highest BCUT2D eigenvalue weighted by molar-refractivity contribution is 7.09. The van der Waals surface area contributed by atoms with Gasteiger partial charge in [0.2, 0.25) is 11.9 Å². The molecule has 0 aliphatic rings. The van der Waals surface area contributed by atoms with Crippen LogP contribution in [0, 0.1) is 0 Å². The van der Waals surface area contributed by atoms with Crippen LogP contribution in [0.5, 0.6) is 0 Å². The molecule has 21 heavy (non-hydrogen) atoms. The Morgan fingerprint density at radius 3 is 2.86 bits per heavy atom. The van der Waals surface area contributed by atoms with E-state index in [0.717, 1.165) is 6.42 Å². The van der Waals surface area contributed by atoms with E-state index in [1.807, 2.05) is 6.07 Å². The van der Waals surface area contributed by atoms with Crippen molar-refractivity contribution in [2.45, 2.75) is 6.42 Å². The summed E-state index contributed by atoms with van der Waals surface area (Å²) < 4.78 is 1.44. The van der Waals surface area contributed by atoms with E-state index in [0.29, 0.717) is 18.4 Å². The van der Waals surface area contributed by atoms with Gasteiger partial charge in [0.1, 0.15) is 12.7 Å². The quantitative estimate of drug-likeness (QED) is 0.443. The van der Waals surface area contributed by atoms with Gasteiger partial charge in [-0.05, 0) is 17.9 Å². The second-order valence-corrected chi connectivity index (χ2v) is 5.06. The smallest absolute Gasteiger partial charge is 0.258 e. The summed E-state index contributed by atoms with van der Waals surface area (Å²) in [5.41, 5.74) is 2.41. The molecule has 0 atom stereocenters. The van der Waals surface area contributed by atoms with Gasteiger partial charge in [-0.15, -0.1) is 11.3 Å². The Balaban J connectivity index is 1.73. The predicted octanol–water partition coefficient (Wildman–Crippen LogP) is 0.454. The first-order valence-corrected chi connectivity index (χ1v) is 7.07. The fourth-order valence-corrected chi connectivity index (χ4v) is 2.38. The normalized spacial score (nSPS) is 10.5. The third-order valence-electron chi connectivity index (χ3n) is 2.61. The second-order valence-electron chi connectivity index (χ2n) is 4.02. The first-order chi connectivity index (χ1) is 10.3. The van der Waals surface area contributed by atoms with E-state index in [1.165, 1.54) is 22.2 Å². The Hall–Kier alpha value is -2.59. The van der Waals surface area contributed by atoms with Crippen LogP contribution >= 0.6 is 11.3 Å². The average Bonchev–Trinajstić information content (AvgIpc) is 3.20. The molecule has 0 aliphatic heterocycles. The Labute approximate surface area is 124 Å². The molecule has 0 unspecified atom stereocenters. The minimum Gasteiger partial charge on any atom is -0.354 e. The van der Waals surface area contributed by atoms with Crippen LogP contribution < -0.4 is 16.6 Å². The first-order valence-electron chi connectivity index (χ1n) is 6.19. The molecule has 0 saturated heterocycles. The van der Waals surface area contributed by atoms with Gasteiger partial charge in [0.25, 0.3) is 5.95 Å². The molecule has 0 spiro atoms. The summed E-state index contributed by atoms with van der Waals surface area (Å²) in [6.07, 6.45) is 3.81. The average molecular weight is 303 g/mol. The SMILES string of the molecule is NNc1nc(NCCc2cccs2)nc(-n2cncn2)n1. The Morgan fingerprint density at radius 1 is 1.24 bits per heavy atom. The van der Waals surface area contributed by atoms with Crippen LogP contribution in [-0.4, -0.2) is 36.3 Å². The molecule has 0 aromatic carbocycles. The van der Waals surface area contributed by atoms with E-state index in [2.05, 4.69) is 47.2 Å². The van der Waals surface area contributed by atoms with Crippen LogP contribution in [0.4, 0.5) is 11.9 Å². The van der Waals surface area contributed by atoms with Gasteiger partial charge in [-0.25, -0.2) is 10.8 Å². The minimum atomic E-state index is 0.258. The van der Waals surface area contributed by atoms with Crippen molar-refractivity contribution in [3.05, 3.63) is 35.0 Å². The number of hydrogen-bond donors (Lipinski definition) is 3. The van der Waals surface area contributed by atoms with Gasteiger partial charge in [-0.1, -0.05) is 6.07 Å². The molecule has 0 aliphatic carbocycles. The third-order valence-corrected chi connectivity index (χ3v) is 3.55. The van der Waals surface area contributed by atoms with E-state index in [-0.39, 0.29) is 5.95 Å². The van der Waals surface area contributed by atoms with Crippen LogP contribution in [-0.2, 0) is 6.42 Å². The number of hydrogen-bond acceptors (Lipinski definition) is 9. The predicted molar refractivity (Wildman–Crippen MR) is 79.1 cm³/mol. The van der Waals surface area contributed by atoms with Crippen molar-refractivity contribution in [1.82, 2.24) is 29.7 Å². The lowest BCUT2D eigenvalue weighted by molar-refractivity contribution is 0.794. The summed E-state index contributed by atoms with van der Waals surface area (Å²) >= 11 is 1.72. The van der Waals surface area contributed by atoms with Crippen molar-refractivity contribution in [2.24, 2.45) is 5.84 Å². The Bertz CT molecular complexity index is 680. The maximum absolute atomic E-state index is 5.37. The summed E-state index contributed by atoms with van der Waals surface area (Å²) in [5.74, 6) is 6.40. The van der Waals surface area contributed by atoms with Crippen molar-refractivity contribution < 1.29 is 0 Å². The van der Waals surface area contributed by atoms with Crippen molar-refractivity contribution in [3.63, 3.8) is 0 Å². The van der Waals surface area contributed by atoms with E-state index in [1.54, 1.807) is 11.3 Å². The number of aromatic nitrogens is 6. The number of nitrogens with zero attached hydrogens (tertiary/aromatic N) is 6. The monoisotopic (exact) mass is 303 g/mol. The van der Waals surface area contributed by atoms with Crippen LogP contribution in [0.1, 0.15) is 4.88 Å². The molecule has 0 fully saturated rings. The van der Waals surface area contributed by atoms with E-state index >= 15 is 0 Å². The Kier molecular flexibility index (Phi) is 3.98. The summed E-state index contributed by atoms with van der Waals surface area (Å²) in [5, 5.41) is 9.18. The molecule has 10 heteroatoms. The fourth-order valence-electron chi connectivity index (χ4n) is 1.67. The molecule has 3 aromatic heterocycles. The third kappa shape index (κ3) is 3.30. The molecule has 9 nitrogen and oxygen atoms in total. The van der Waals surface area contributed by atoms with Crippen molar-refractivity contribution in [2.75, 3.05) is 17.3 Å². The van der Waals surface area contributed by atoms with Crippen LogP contribution in [0.2, 0.25) is 0 Å². The van der Waals surface area contributed by atoms with Gasteiger partial charge in [0.05, 0.1) is 0 Å². The maximum atomic E-state index is 5.37. The van der Waals surface area contributed by atoms with Crippen molar-refractivity contribution >= 4 is 23.2 Å². The molecule has 3 rings (SSSR count). The molecule has 0 amide bonds.